The van der Waals surface area contributed by atoms with Gasteiger partial charge < -0.3 is 10.8 Å². The summed E-state index contributed by atoms with van der Waals surface area (Å²) >= 11 is 0. The average molecular weight is 281 g/mol. The number of hydrogen-bond donors (Lipinski definition) is 2. The molecule has 0 amide bonds. The Morgan fingerprint density at radius 2 is 1.76 bits per heavy atom. The van der Waals surface area contributed by atoms with Crippen LogP contribution in [0.2, 0.25) is 0 Å². The summed E-state index contributed by atoms with van der Waals surface area (Å²) in [5, 5.41) is 12.6. The van der Waals surface area contributed by atoms with Crippen molar-refractivity contribution in [3.8, 4) is 0 Å². The zero-order valence-electron chi connectivity index (χ0n) is 11.5. The van der Waals surface area contributed by atoms with E-state index in [9.17, 15) is 9.50 Å². The van der Waals surface area contributed by atoms with E-state index in [1.807, 2.05) is 42.5 Å². The second-order valence-corrected chi connectivity index (χ2v) is 5.13. The highest BCUT2D eigenvalue weighted by Crippen LogP contribution is 2.27. The maximum absolute atomic E-state index is 13.3. The number of aliphatic hydroxyl groups is 1. The molecule has 0 aromatic heterocycles. The fraction of sp³-hybridized carbons (Fsp3) is 0.111. The van der Waals surface area contributed by atoms with E-state index in [4.69, 9.17) is 5.73 Å². The van der Waals surface area contributed by atoms with Gasteiger partial charge in [0.05, 0.1) is 6.10 Å². The molecular formula is C18H16FNO. The van der Waals surface area contributed by atoms with Gasteiger partial charge in [0.2, 0.25) is 0 Å². The van der Waals surface area contributed by atoms with Crippen molar-refractivity contribution in [3.63, 3.8) is 0 Å². The van der Waals surface area contributed by atoms with E-state index < -0.39 is 11.9 Å². The van der Waals surface area contributed by atoms with Crippen molar-refractivity contribution >= 4 is 16.5 Å². The van der Waals surface area contributed by atoms with Gasteiger partial charge >= 0.3 is 0 Å². The molecule has 3 rings (SSSR count). The molecule has 3 aromatic rings. The number of rotatable bonds is 3. The van der Waals surface area contributed by atoms with Crippen molar-refractivity contribution in [1.29, 1.82) is 0 Å². The molecule has 1 atom stereocenters. The molecule has 0 aliphatic carbocycles. The summed E-state index contributed by atoms with van der Waals surface area (Å²) < 4.78 is 13.3. The van der Waals surface area contributed by atoms with Crippen LogP contribution in [-0.2, 0) is 6.42 Å². The van der Waals surface area contributed by atoms with Crippen molar-refractivity contribution in [2.75, 3.05) is 5.73 Å². The van der Waals surface area contributed by atoms with E-state index in [2.05, 4.69) is 0 Å². The van der Waals surface area contributed by atoms with Gasteiger partial charge in [-0.15, -0.1) is 0 Å². The van der Waals surface area contributed by atoms with Crippen LogP contribution in [0.3, 0.4) is 0 Å². The van der Waals surface area contributed by atoms with E-state index >= 15 is 0 Å². The minimum absolute atomic E-state index is 0.392. The van der Waals surface area contributed by atoms with Crippen LogP contribution >= 0.6 is 0 Å². The molecule has 21 heavy (non-hydrogen) atoms. The normalized spacial score (nSPS) is 12.5. The van der Waals surface area contributed by atoms with Gasteiger partial charge in [0.1, 0.15) is 5.82 Å². The molecule has 0 aliphatic rings. The minimum Gasteiger partial charge on any atom is -0.398 e. The second kappa shape index (κ2) is 5.54. The van der Waals surface area contributed by atoms with Crippen LogP contribution in [-0.4, -0.2) is 5.11 Å². The summed E-state index contributed by atoms with van der Waals surface area (Å²) in [7, 11) is 0. The molecule has 1 unspecified atom stereocenters. The average Bonchev–Trinajstić information content (AvgIpc) is 2.50. The summed E-state index contributed by atoms with van der Waals surface area (Å²) in [6.07, 6.45) is -0.429. The molecule has 106 valence electrons. The van der Waals surface area contributed by atoms with Gasteiger partial charge in [0.25, 0.3) is 0 Å². The number of nitrogens with two attached hydrogens (primary N) is 1. The molecule has 0 radical (unpaired) electrons. The lowest BCUT2D eigenvalue weighted by molar-refractivity contribution is 0.179. The van der Waals surface area contributed by atoms with Gasteiger partial charge in [-0.3, -0.25) is 0 Å². The van der Waals surface area contributed by atoms with Crippen molar-refractivity contribution in [1.82, 2.24) is 0 Å². The van der Waals surface area contributed by atoms with Gasteiger partial charge in [-0.25, -0.2) is 4.39 Å². The largest absolute Gasteiger partial charge is 0.398 e. The maximum atomic E-state index is 13.3. The molecule has 0 aliphatic heterocycles. The summed E-state index contributed by atoms with van der Waals surface area (Å²) in [6, 6.07) is 18.0. The smallest absolute Gasteiger partial charge is 0.123 e. The molecule has 2 nitrogen and oxygen atoms in total. The molecule has 0 saturated heterocycles. The molecule has 0 saturated carbocycles. The van der Waals surface area contributed by atoms with Gasteiger partial charge in [-0.1, -0.05) is 42.5 Å². The first-order valence-corrected chi connectivity index (χ1v) is 6.85. The molecule has 0 spiro atoms. The number of benzene rings is 3. The second-order valence-electron chi connectivity index (χ2n) is 5.13. The Morgan fingerprint density at radius 1 is 1.00 bits per heavy atom. The van der Waals surface area contributed by atoms with E-state index in [1.54, 1.807) is 0 Å². The van der Waals surface area contributed by atoms with Crippen LogP contribution in [0.15, 0.2) is 60.7 Å². The molecule has 3 aromatic carbocycles. The van der Waals surface area contributed by atoms with E-state index in [-0.39, 0.29) is 0 Å². The Bertz CT molecular complexity index is 780. The van der Waals surface area contributed by atoms with Crippen molar-refractivity contribution < 1.29 is 9.50 Å². The molecule has 0 bridgehead atoms. The number of anilines is 1. The highest BCUT2D eigenvalue weighted by Gasteiger charge is 2.14. The van der Waals surface area contributed by atoms with Crippen LogP contribution in [0.25, 0.3) is 10.8 Å². The first-order chi connectivity index (χ1) is 10.1. The van der Waals surface area contributed by atoms with E-state index in [1.165, 1.54) is 18.2 Å². The quantitative estimate of drug-likeness (QED) is 0.717. The number of fused-ring (bicyclic) bond motifs is 1. The van der Waals surface area contributed by atoms with Gasteiger partial charge in [-0.2, -0.15) is 0 Å². The summed E-state index contributed by atoms with van der Waals surface area (Å²) in [5.41, 5.74) is 7.69. The highest BCUT2D eigenvalue weighted by molar-refractivity contribution is 5.85. The predicted octanol–water partition coefficient (Wildman–Crippen LogP) is 3.84. The fourth-order valence-corrected chi connectivity index (χ4v) is 2.62. The molecule has 3 N–H and O–H groups in total. The fourth-order valence-electron chi connectivity index (χ4n) is 2.62. The standard InChI is InChI=1S/C18H16FNO/c19-14-8-9-17(20)16(11-14)18(21)10-13-6-3-5-12-4-1-2-7-15(12)13/h1-9,11,18,21H,10,20H2. The molecule has 0 fully saturated rings. The van der Waals surface area contributed by atoms with Crippen molar-refractivity contribution in [2.24, 2.45) is 0 Å². The minimum atomic E-state index is -0.827. The summed E-state index contributed by atoms with van der Waals surface area (Å²) in [5.74, 6) is -0.392. The van der Waals surface area contributed by atoms with Gasteiger partial charge in [-0.05, 0) is 34.5 Å². The van der Waals surface area contributed by atoms with Gasteiger partial charge in [0.15, 0.2) is 0 Å². The van der Waals surface area contributed by atoms with Gasteiger partial charge in [0, 0.05) is 17.7 Å². The maximum Gasteiger partial charge on any atom is 0.123 e. The third kappa shape index (κ3) is 2.73. The highest BCUT2D eigenvalue weighted by atomic mass is 19.1. The van der Waals surface area contributed by atoms with Crippen molar-refractivity contribution in [2.45, 2.75) is 12.5 Å². The Morgan fingerprint density at radius 3 is 2.62 bits per heavy atom. The van der Waals surface area contributed by atoms with E-state index in [0.717, 1.165) is 16.3 Å². The Labute approximate surface area is 122 Å². The molecular weight excluding hydrogens is 265 g/mol. The molecule has 0 heterocycles. The van der Waals surface area contributed by atoms with E-state index in [0.29, 0.717) is 17.7 Å². The van der Waals surface area contributed by atoms with Crippen LogP contribution in [0, 0.1) is 5.82 Å². The SMILES string of the molecule is Nc1ccc(F)cc1C(O)Cc1cccc2ccccc12. The van der Waals surface area contributed by atoms with Crippen LogP contribution < -0.4 is 5.73 Å². The first-order valence-electron chi connectivity index (χ1n) is 6.85. The van der Waals surface area contributed by atoms with Crippen LogP contribution in [0.4, 0.5) is 10.1 Å². The lowest BCUT2D eigenvalue weighted by Gasteiger charge is -2.15. The Hall–Kier alpha value is -2.39. The van der Waals surface area contributed by atoms with Crippen LogP contribution in [0.1, 0.15) is 17.2 Å². The monoisotopic (exact) mass is 281 g/mol. The lowest BCUT2D eigenvalue weighted by Crippen LogP contribution is -2.06. The Kier molecular flexibility index (Phi) is 3.59. The topological polar surface area (TPSA) is 46.2 Å². The molecule has 3 heteroatoms. The van der Waals surface area contributed by atoms with Crippen LogP contribution in [0.5, 0.6) is 0 Å². The lowest BCUT2D eigenvalue weighted by atomic mass is 9.96. The summed E-state index contributed by atoms with van der Waals surface area (Å²) in [6.45, 7) is 0. The first kappa shape index (κ1) is 13.6. The Balaban J connectivity index is 1.96. The number of hydrogen-bond acceptors (Lipinski definition) is 2. The zero-order valence-corrected chi connectivity index (χ0v) is 11.5. The number of aliphatic hydroxyl groups excluding tert-OH is 1. The third-order valence-electron chi connectivity index (χ3n) is 3.70. The van der Waals surface area contributed by atoms with Crippen molar-refractivity contribution in [3.05, 3.63) is 77.6 Å². The number of halogens is 1. The summed E-state index contributed by atoms with van der Waals surface area (Å²) in [4.78, 5) is 0. The number of nitrogen functional groups attached to an aromatic ring is 1. The predicted molar refractivity (Wildman–Crippen MR) is 83.4 cm³/mol. The third-order valence-corrected chi connectivity index (χ3v) is 3.70. The zero-order chi connectivity index (χ0) is 14.8.